The van der Waals surface area contributed by atoms with Crippen molar-refractivity contribution in [2.24, 2.45) is 5.92 Å². The summed E-state index contributed by atoms with van der Waals surface area (Å²) in [6, 6.07) is 21.4. The van der Waals surface area contributed by atoms with Crippen molar-refractivity contribution < 1.29 is 18.8 Å². The Morgan fingerprint density at radius 1 is 0.741 bits per heavy atom. The van der Waals surface area contributed by atoms with Crippen LogP contribution in [0, 0.1) is 5.92 Å². The van der Waals surface area contributed by atoms with Gasteiger partial charge in [-0.05, 0) is 36.4 Å². The number of hydrogen-bond donors (Lipinski definition) is 0. The number of imide groups is 1. The van der Waals surface area contributed by atoms with Crippen molar-refractivity contribution in [3.63, 3.8) is 0 Å². The Morgan fingerprint density at radius 2 is 1.41 bits per heavy atom. The number of fused-ring (bicyclic) bond motifs is 1. The lowest BCUT2D eigenvalue weighted by molar-refractivity contribution is -0.126. The van der Waals surface area contributed by atoms with Crippen LogP contribution < -0.4 is 9.96 Å². The Morgan fingerprint density at radius 3 is 2.04 bits per heavy atom. The summed E-state index contributed by atoms with van der Waals surface area (Å²) in [4.78, 5) is 33.5. The number of amides is 2. The van der Waals surface area contributed by atoms with E-state index in [9.17, 15) is 9.59 Å². The van der Waals surface area contributed by atoms with Gasteiger partial charge in [0.1, 0.15) is 17.7 Å². The van der Waals surface area contributed by atoms with Crippen LogP contribution in [-0.4, -0.2) is 17.9 Å². The average Bonchev–Trinajstić information content (AvgIpc) is 3.41. The van der Waals surface area contributed by atoms with Gasteiger partial charge in [-0.25, -0.2) is 9.96 Å². The molecule has 0 radical (unpaired) electrons. The maximum atomic E-state index is 13.2. The summed E-state index contributed by atoms with van der Waals surface area (Å²) in [6.45, 7) is 0. The Kier molecular flexibility index (Phi) is 3.58. The summed E-state index contributed by atoms with van der Waals surface area (Å²) in [5.41, 5.74) is 1.31. The third-order valence-electron chi connectivity index (χ3n) is 4.98. The van der Waals surface area contributed by atoms with E-state index in [1.165, 1.54) is 4.90 Å². The molecule has 3 aromatic rings. The topological polar surface area (TPSA) is 63.0 Å². The third-order valence-corrected chi connectivity index (χ3v) is 4.98. The Balaban J connectivity index is 1.58. The third kappa shape index (κ3) is 2.38. The molecule has 3 unspecified atom stereocenters. The van der Waals surface area contributed by atoms with E-state index in [1.54, 1.807) is 47.7 Å². The largest absolute Gasteiger partial charge is 0.467 e. The number of furan rings is 1. The highest BCUT2D eigenvalue weighted by molar-refractivity contribution is 6.23. The van der Waals surface area contributed by atoms with Gasteiger partial charge < -0.3 is 4.42 Å². The van der Waals surface area contributed by atoms with E-state index >= 15 is 0 Å². The van der Waals surface area contributed by atoms with Crippen molar-refractivity contribution in [2.75, 3.05) is 9.96 Å². The summed E-state index contributed by atoms with van der Waals surface area (Å²) in [7, 11) is 0. The molecule has 0 spiro atoms. The molecule has 0 saturated carbocycles. The Hall–Kier alpha value is -3.38. The number of hydroxylamine groups is 1. The monoisotopic (exact) mass is 360 g/mol. The lowest BCUT2D eigenvalue weighted by Crippen LogP contribution is -2.37. The van der Waals surface area contributed by atoms with Crippen LogP contribution in [0.2, 0.25) is 0 Å². The van der Waals surface area contributed by atoms with Crippen molar-refractivity contribution >= 4 is 23.2 Å². The minimum Gasteiger partial charge on any atom is -0.467 e. The van der Waals surface area contributed by atoms with Gasteiger partial charge in [-0.2, -0.15) is 0 Å². The minimum absolute atomic E-state index is 0.281. The normalized spacial score (nSPS) is 24.5. The van der Waals surface area contributed by atoms with Gasteiger partial charge in [0.15, 0.2) is 6.10 Å². The fourth-order valence-corrected chi connectivity index (χ4v) is 3.79. The molecule has 2 fully saturated rings. The van der Waals surface area contributed by atoms with Crippen LogP contribution in [0.5, 0.6) is 0 Å². The van der Waals surface area contributed by atoms with Crippen molar-refractivity contribution in [1.29, 1.82) is 0 Å². The zero-order chi connectivity index (χ0) is 18.4. The second-order valence-corrected chi connectivity index (χ2v) is 6.52. The van der Waals surface area contributed by atoms with Gasteiger partial charge in [-0.3, -0.25) is 14.4 Å². The fraction of sp³-hybridized carbons (Fsp3) is 0.143. The zero-order valence-electron chi connectivity index (χ0n) is 14.3. The van der Waals surface area contributed by atoms with Gasteiger partial charge >= 0.3 is 0 Å². The minimum atomic E-state index is -0.881. The van der Waals surface area contributed by atoms with Crippen LogP contribution in [0.3, 0.4) is 0 Å². The molecule has 0 N–H and O–H groups in total. The zero-order valence-corrected chi connectivity index (χ0v) is 14.3. The molecule has 2 aliphatic heterocycles. The average molecular weight is 360 g/mol. The van der Waals surface area contributed by atoms with E-state index in [2.05, 4.69) is 0 Å². The van der Waals surface area contributed by atoms with Gasteiger partial charge in [-0.15, -0.1) is 0 Å². The van der Waals surface area contributed by atoms with E-state index in [0.717, 1.165) is 5.69 Å². The highest BCUT2D eigenvalue weighted by Gasteiger charge is 2.61. The first-order chi connectivity index (χ1) is 13.3. The molecule has 3 heterocycles. The SMILES string of the molecule is O=C1C2ON(c3ccccc3)C(c3ccco3)C2C(=O)N1c1ccccc1. The molecule has 134 valence electrons. The maximum absolute atomic E-state index is 13.2. The molecule has 2 aliphatic rings. The van der Waals surface area contributed by atoms with Crippen LogP contribution in [0.4, 0.5) is 11.4 Å². The first-order valence-electron chi connectivity index (χ1n) is 8.73. The number of nitrogens with zero attached hydrogens (tertiary/aromatic N) is 2. The highest BCUT2D eigenvalue weighted by atomic mass is 16.7. The summed E-state index contributed by atoms with van der Waals surface area (Å²) in [5.74, 6) is -0.728. The molecular formula is C21H16N2O4. The predicted molar refractivity (Wildman–Crippen MR) is 97.7 cm³/mol. The van der Waals surface area contributed by atoms with Crippen LogP contribution in [0.15, 0.2) is 83.5 Å². The molecule has 1 aromatic heterocycles. The number of benzene rings is 2. The van der Waals surface area contributed by atoms with E-state index < -0.39 is 18.1 Å². The molecule has 5 rings (SSSR count). The predicted octanol–water partition coefficient (Wildman–Crippen LogP) is 3.33. The number of anilines is 2. The lowest BCUT2D eigenvalue weighted by atomic mass is 9.94. The molecule has 0 aliphatic carbocycles. The number of carbonyl (C=O) groups excluding carboxylic acids is 2. The van der Waals surface area contributed by atoms with Gasteiger partial charge in [-0.1, -0.05) is 36.4 Å². The smallest absolute Gasteiger partial charge is 0.266 e. The molecule has 0 bridgehead atoms. The van der Waals surface area contributed by atoms with Crippen LogP contribution in [-0.2, 0) is 14.4 Å². The quantitative estimate of drug-likeness (QED) is 0.671. The summed E-state index contributed by atoms with van der Waals surface area (Å²) >= 11 is 0. The molecule has 6 heteroatoms. The van der Waals surface area contributed by atoms with Crippen LogP contribution in [0.25, 0.3) is 0 Å². The van der Waals surface area contributed by atoms with Crippen molar-refractivity contribution in [3.8, 4) is 0 Å². The molecule has 27 heavy (non-hydrogen) atoms. The van der Waals surface area contributed by atoms with Crippen molar-refractivity contribution in [2.45, 2.75) is 12.1 Å². The highest BCUT2D eigenvalue weighted by Crippen LogP contribution is 2.47. The Labute approximate surface area is 155 Å². The van der Waals surface area contributed by atoms with Gasteiger partial charge in [0.05, 0.1) is 17.6 Å². The summed E-state index contributed by atoms with van der Waals surface area (Å²) in [6.07, 6.45) is 0.676. The first kappa shape index (κ1) is 15.8. The number of hydrogen-bond acceptors (Lipinski definition) is 5. The number of rotatable bonds is 3. The second kappa shape index (κ2) is 6.10. The number of para-hydroxylation sites is 2. The van der Waals surface area contributed by atoms with E-state index in [0.29, 0.717) is 11.4 Å². The maximum Gasteiger partial charge on any atom is 0.266 e. The van der Waals surface area contributed by atoms with Crippen LogP contribution in [0.1, 0.15) is 11.8 Å². The van der Waals surface area contributed by atoms with Gasteiger partial charge in [0.2, 0.25) is 5.91 Å². The molecule has 2 aromatic carbocycles. The molecular weight excluding hydrogens is 344 g/mol. The molecule has 2 saturated heterocycles. The fourth-order valence-electron chi connectivity index (χ4n) is 3.79. The van der Waals surface area contributed by atoms with Gasteiger partial charge in [0.25, 0.3) is 5.91 Å². The summed E-state index contributed by atoms with van der Waals surface area (Å²) < 4.78 is 5.60. The Bertz CT molecular complexity index is 972. The van der Waals surface area contributed by atoms with Gasteiger partial charge in [0, 0.05) is 0 Å². The summed E-state index contributed by atoms with van der Waals surface area (Å²) in [5, 5.41) is 1.62. The molecule has 6 nitrogen and oxygen atoms in total. The van der Waals surface area contributed by atoms with E-state index in [-0.39, 0.29) is 11.8 Å². The molecule has 2 amide bonds. The van der Waals surface area contributed by atoms with Crippen molar-refractivity contribution in [3.05, 3.63) is 84.8 Å². The second-order valence-electron chi connectivity index (χ2n) is 6.52. The first-order valence-corrected chi connectivity index (χ1v) is 8.73. The standard InChI is InChI=1S/C21H16N2O4/c24-20-17-18(16-12-7-13-26-16)23(15-10-5-2-6-11-15)27-19(17)21(25)22(20)14-8-3-1-4-9-14/h1-13,17-19H. The van der Waals surface area contributed by atoms with E-state index in [1.807, 2.05) is 36.4 Å². The van der Waals surface area contributed by atoms with E-state index in [4.69, 9.17) is 9.25 Å². The molecule has 3 atom stereocenters. The van der Waals surface area contributed by atoms with Crippen molar-refractivity contribution in [1.82, 2.24) is 0 Å². The van der Waals surface area contributed by atoms with Crippen LogP contribution >= 0.6 is 0 Å². The lowest BCUT2D eigenvalue weighted by Gasteiger charge is -2.27. The number of carbonyl (C=O) groups is 2.